The Morgan fingerprint density at radius 2 is 2.11 bits per heavy atom. The maximum Gasteiger partial charge on any atom is 0.272 e. The Balaban J connectivity index is 2.15. The molecule has 5 nitrogen and oxygen atoms in total. The minimum Gasteiger partial charge on any atom is -0.394 e. The first-order valence-corrected chi connectivity index (χ1v) is 5.83. The minimum absolute atomic E-state index is 0.135. The summed E-state index contributed by atoms with van der Waals surface area (Å²) >= 11 is 0. The summed E-state index contributed by atoms with van der Waals surface area (Å²) in [6.45, 7) is 1.55. The molecule has 0 saturated heterocycles. The van der Waals surface area contributed by atoms with Crippen LogP contribution in [0.15, 0.2) is 36.5 Å². The van der Waals surface area contributed by atoms with Gasteiger partial charge in [-0.1, -0.05) is 0 Å². The SMILES string of the molecule is C[C@H](CO)NC(=O)c1ccn(-c2ccc(F)cc2)n1. The summed E-state index contributed by atoms with van der Waals surface area (Å²) in [4.78, 5) is 11.8. The smallest absolute Gasteiger partial charge is 0.272 e. The molecule has 19 heavy (non-hydrogen) atoms. The fraction of sp³-hybridized carbons (Fsp3) is 0.231. The average Bonchev–Trinajstić information content (AvgIpc) is 2.89. The standard InChI is InChI=1S/C13H14FN3O2/c1-9(8-18)15-13(19)12-6-7-17(16-12)11-4-2-10(14)3-5-11/h2-7,9,18H,8H2,1H3,(H,15,19)/t9-/m1/s1. The Kier molecular flexibility index (Phi) is 3.91. The lowest BCUT2D eigenvalue weighted by Gasteiger charge is -2.08. The summed E-state index contributed by atoms with van der Waals surface area (Å²) in [5.74, 6) is -0.687. The van der Waals surface area contributed by atoms with Gasteiger partial charge < -0.3 is 10.4 Å². The molecule has 0 aliphatic carbocycles. The van der Waals surface area contributed by atoms with Gasteiger partial charge in [0.15, 0.2) is 5.69 Å². The Bertz CT molecular complexity index is 566. The zero-order chi connectivity index (χ0) is 13.8. The number of hydrogen-bond donors (Lipinski definition) is 2. The van der Waals surface area contributed by atoms with E-state index in [0.717, 1.165) is 0 Å². The molecule has 2 aromatic rings. The Morgan fingerprint density at radius 3 is 2.74 bits per heavy atom. The molecule has 1 heterocycles. The summed E-state index contributed by atoms with van der Waals surface area (Å²) in [6.07, 6.45) is 1.62. The van der Waals surface area contributed by atoms with E-state index in [9.17, 15) is 9.18 Å². The number of carbonyl (C=O) groups is 1. The molecule has 1 amide bonds. The largest absolute Gasteiger partial charge is 0.394 e. The third kappa shape index (κ3) is 3.17. The highest BCUT2D eigenvalue weighted by Gasteiger charge is 2.12. The number of hydrogen-bond acceptors (Lipinski definition) is 3. The lowest BCUT2D eigenvalue weighted by molar-refractivity contribution is 0.0917. The van der Waals surface area contributed by atoms with Gasteiger partial charge in [-0.2, -0.15) is 5.10 Å². The second-order valence-corrected chi connectivity index (χ2v) is 4.18. The van der Waals surface area contributed by atoms with Gasteiger partial charge in [0, 0.05) is 12.2 Å². The van der Waals surface area contributed by atoms with E-state index in [0.29, 0.717) is 5.69 Å². The molecule has 1 atom stereocenters. The third-order valence-electron chi connectivity index (χ3n) is 2.56. The van der Waals surface area contributed by atoms with Crippen LogP contribution in [0.2, 0.25) is 0 Å². The highest BCUT2D eigenvalue weighted by molar-refractivity contribution is 5.92. The summed E-state index contributed by atoms with van der Waals surface area (Å²) in [5, 5.41) is 15.6. The predicted molar refractivity (Wildman–Crippen MR) is 67.5 cm³/mol. The monoisotopic (exact) mass is 263 g/mol. The molecule has 6 heteroatoms. The van der Waals surface area contributed by atoms with E-state index < -0.39 is 0 Å². The Labute approximate surface area is 109 Å². The highest BCUT2D eigenvalue weighted by atomic mass is 19.1. The molecule has 0 bridgehead atoms. The third-order valence-corrected chi connectivity index (χ3v) is 2.56. The van der Waals surface area contributed by atoms with Crippen LogP contribution in [-0.2, 0) is 0 Å². The average molecular weight is 263 g/mol. The lowest BCUT2D eigenvalue weighted by atomic mass is 10.3. The van der Waals surface area contributed by atoms with Crippen LogP contribution in [0.25, 0.3) is 5.69 Å². The number of aliphatic hydroxyl groups excluding tert-OH is 1. The second kappa shape index (κ2) is 5.62. The van der Waals surface area contributed by atoms with Crippen molar-refractivity contribution in [3.63, 3.8) is 0 Å². The van der Waals surface area contributed by atoms with Crippen LogP contribution in [-0.4, -0.2) is 33.4 Å². The van der Waals surface area contributed by atoms with Crippen LogP contribution in [0, 0.1) is 5.82 Å². The van der Waals surface area contributed by atoms with Gasteiger partial charge in [0.1, 0.15) is 5.82 Å². The maximum absolute atomic E-state index is 12.8. The van der Waals surface area contributed by atoms with E-state index >= 15 is 0 Å². The quantitative estimate of drug-likeness (QED) is 0.868. The van der Waals surface area contributed by atoms with E-state index in [1.54, 1.807) is 31.3 Å². The fourth-order valence-corrected chi connectivity index (χ4v) is 1.53. The number of benzene rings is 1. The number of nitrogens with one attached hydrogen (secondary N) is 1. The molecule has 2 rings (SSSR count). The molecule has 1 aromatic carbocycles. The van der Waals surface area contributed by atoms with E-state index in [-0.39, 0.29) is 30.1 Å². The van der Waals surface area contributed by atoms with Crippen molar-refractivity contribution in [1.82, 2.24) is 15.1 Å². The molecule has 2 N–H and O–H groups in total. The van der Waals surface area contributed by atoms with Gasteiger partial charge >= 0.3 is 0 Å². The van der Waals surface area contributed by atoms with Gasteiger partial charge in [-0.15, -0.1) is 0 Å². The van der Waals surface area contributed by atoms with Crippen molar-refractivity contribution in [3.05, 3.63) is 48.0 Å². The number of rotatable bonds is 4. The number of halogens is 1. The van der Waals surface area contributed by atoms with Gasteiger partial charge in [0.25, 0.3) is 5.91 Å². The molecule has 0 aliphatic heterocycles. The van der Waals surface area contributed by atoms with Crippen LogP contribution >= 0.6 is 0 Å². The number of amides is 1. The number of aliphatic hydroxyl groups is 1. The Morgan fingerprint density at radius 1 is 1.42 bits per heavy atom. The summed E-state index contributed by atoms with van der Waals surface area (Å²) < 4.78 is 14.3. The van der Waals surface area contributed by atoms with Crippen molar-refractivity contribution < 1.29 is 14.3 Å². The molecule has 0 unspecified atom stereocenters. The molecular weight excluding hydrogens is 249 g/mol. The summed E-state index contributed by atoms with van der Waals surface area (Å²) in [6, 6.07) is 7.02. The van der Waals surface area contributed by atoms with Crippen molar-refractivity contribution >= 4 is 5.91 Å². The number of nitrogens with zero attached hydrogens (tertiary/aromatic N) is 2. The van der Waals surface area contributed by atoms with Gasteiger partial charge in [0.05, 0.1) is 12.3 Å². The second-order valence-electron chi connectivity index (χ2n) is 4.18. The topological polar surface area (TPSA) is 67.2 Å². The van der Waals surface area contributed by atoms with E-state index in [1.165, 1.54) is 16.8 Å². The molecule has 0 saturated carbocycles. The van der Waals surface area contributed by atoms with Crippen molar-refractivity contribution in [3.8, 4) is 5.69 Å². The van der Waals surface area contributed by atoms with Crippen LogP contribution in [0.3, 0.4) is 0 Å². The predicted octanol–water partition coefficient (Wildman–Crippen LogP) is 1.12. The van der Waals surface area contributed by atoms with Crippen LogP contribution in [0.5, 0.6) is 0 Å². The summed E-state index contributed by atoms with van der Waals surface area (Å²) in [5.41, 5.74) is 0.903. The fourth-order valence-electron chi connectivity index (χ4n) is 1.53. The zero-order valence-corrected chi connectivity index (χ0v) is 10.4. The first kappa shape index (κ1) is 13.2. The first-order valence-electron chi connectivity index (χ1n) is 5.83. The van der Waals surface area contributed by atoms with Gasteiger partial charge in [-0.05, 0) is 37.3 Å². The molecule has 0 radical (unpaired) electrons. The molecular formula is C13H14FN3O2. The van der Waals surface area contributed by atoms with E-state index in [4.69, 9.17) is 5.11 Å². The summed E-state index contributed by atoms with van der Waals surface area (Å²) in [7, 11) is 0. The molecule has 0 spiro atoms. The van der Waals surface area contributed by atoms with Gasteiger partial charge in [0.2, 0.25) is 0 Å². The molecule has 0 fully saturated rings. The maximum atomic E-state index is 12.8. The highest BCUT2D eigenvalue weighted by Crippen LogP contribution is 2.09. The van der Waals surface area contributed by atoms with Crippen molar-refractivity contribution in [2.24, 2.45) is 0 Å². The first-order chi connectivity index (χ1) is 9.10. The van der Waals surface area contributed by atoms with Crippen molar-refractivity contribution in [2.75, 3.05) is 6.61 Å². The normalized spacial score (nSPS) is 12.2. The number of aromatic nitrogens is 2. The van der Waals surface area contributed by atoms with Crippen LogP contribution in [0.4, 0.5) is 4.39 Å². The van der Waals surface area contributed by atoms with E-state index in [2.05, 4.69) is 10.4 Å². The van der Waals surface area contributed by atoms with Crippen molar-refractivity contribution in [2.45, 2.75) is 13.0 Å². The van der Waals surface area contributed by atoms with Gasteiger partial charge in [-0.25, -0.2) is 9.07 Å². The molecule has 0 aliphatic rings. The minimum atomic E-state index is -0.359. The van der Waals surface area contributed by atoms with Crippen molar-refractivity contribution in [1.29, 1.82) is 0 Å². The number of carbonyl (C=O) groups excluding carboxylic acids is 1. The van der Waals surface area contributed by atoms with Gasteiger partial charge in [-0.3, -0.25) is 4.79 Å². The lowest BCUT2D eigenvalue weighted by Crippen LogP contribution is -2.35. The van der Waals surface area contributed by atoms with Crippen LogP contribution < -0.4 is 5.32 Å². The molecule has 100 valence electrons. The zero-order valence-electron chi connectivity index (χ0n) is 10.4. The van der Waals surface area contributed by atoms with Crippen LogP contribution in [0.1, 0.15) is 17.4 Å². The molecule has 1 aromatic heterocycles. The van der Waals surface area contributed by atoms with E-state index in [1.807, 2.05) is 0 Å². The Hall–Kier alpha value is -2.21.